The van der Waals surface area contributed by atoms with Crippen LogP contribution in [-0.4, -0.2) is 47.5 Å². The van der Waals surface area contributed by atoms with Crippen LogP contribution >= 0.6 is 27.5 Å². The summed E-state index contributed by atoms with van der Waals surface area (Å²) in [6, 6.07) is 12.7. The normalized spacial score (nSPS) is 24.8. The highest BCUT2D eigenvalue weighted by Gasteiger charge is 2.60. The van der Waals surface area contributed by atoms with Gasteiger partial charge in [-0.1, -0.05) is 66.5 Å². The van der Waals surface area contributed by atoms with Crippen molar-refractivity contribution >= 4 is 33.4 Å². The first kappa shape index (κ1) is 28.5. The highest BCUT2D eigenvalue weighted by molar-refractivity contribution is 9.10. The van der Waals surface area contributed by atoms with Crippen molar-refractivity contribution in [1.82, 2.24) is 10.6 Å². The Labute approximate surface area is 225 Å². The largest absolute Gasteiger partial charge is 0.394 e. The molecule has 0 saturated carbocycles. The van der Waals surface area contributed by atoms with Crippen molar-refractivity contribution < 1.29 is 19.4 Å². The number of halogens is 3. The minimum atomic E-state index is -1.42. The Morgan fingerprint density at radius 2 is 2.06 bits per heavy atom. The number of benzene rings is 2. The van der Waals surface area contributed by atoms with E-state index in [4.69, 9.17) is 16.7 Å². The molecule has 5 atom stereocenters. The van der Waals surface area contributed by atoms with Gasteiger partial charge in [0.05, 0.1) is 24.8 Å². The van der Waals surface area contributed by atoms with Gasteiger partial charge < -0.3 is 20.8 Å². The van der Waals surface area contributed by atoms with Crippen LogP contribution in [0, 0.1) is 22.6 Å². The third-order valence-corrected chi connectivity index (χ3v) is 7.34. The van der Waals surface area contributed by atoms with Gasteiger partial charge in [-0.05, 0) is 48.1 Å². The Morgan fingerprint density at radius 3 is 2.64 bits per heavy atom. The molecular formula is C27H32BrClFN3O3. The van der Waals surface area contributed by atoms with Gasteiger partial charge in [0.1, 0.15) is 11.2 Å². The van der Waals surface area contributed by atoms with E-state index < -0.39 is 41.9 Å². The number of hydrogen-bond acceptors (Lipinski definition) is 5. The molecule has 1 aliphatic heterocycles. The van der Waals surface area contributed by atoms with Crippen molar-refractivity contribution in [2.24, 2.45) is 5.41 Å². The number of rotatable bonds is 8. The first-order chi connectivity index (χ1) is 16.9. The van der Waals surface area contributed by atoms with Crippen LogP contribution in [0.3, 0.4) is 0 Å². The highest BCUT2D eigenvalue weighted by Crippen LogP contribution is 2.52. The van der Waals surface area contributed by atoms with E-state index >= 15 is 4.39 Å². The van der Waals surface area contributed by atoms with E-state index in [2.05, 4.69) is 32.6 Å². The van der Waals surface area contributed by atoms with E-state index in [1.807, 2.05) is 45.0 Å². The van der Waals surface area contributed by atoms with Crippen LogP contribution in [0.25, 0.3) is 0 Å². The standard InChI is InChI=1S/C27H32BrClFN3O3/c1-26(2,3)13-22-27(15-31,20-8-7-18(29)12-21(20)30)23(16-5-4-6-17(28)11-16)24(33-22)25(36)32-10-9-19(35)14-34/h4-8,11-12,19,22-24,33-35H,9-10,13-14H2,1-3H3,(H,32,36)/t19-,22?,23?,24?,27?/m0/s1. The molecule has 4 N–H and O–H groups in total. The molecule has 4 unspecified atom stereocenters. The second-order valence-corrected chi connectivity index (χ2v) is 11.9. The van der Waals surface area contributed by atoms with Gasteiger partial charge in [0, 0.05) is 33.6 Å². The molecule has 1 aliphatic rings. The maximum Gasteiger partial charge on any atom is 0.237 e. The molecule has 1 fully saturated rings. The summed E-state index contributed by atoms with van der Waals surface area (Å²) in [4.78, 5) is 13.5. The molecule has 0 spiro atoms. The Morgan fingerprint density at radius 1 is 1.33 bits per heavy atom. The molecule has 1 heterocycles. The molecule has 0 aromatic heterocycles. The lowest BCUT2D eigenvalue weighted by molar-refractivity contribution is -0.123. The third-order valence-electron chi connectivity index (χ3n) is 6.61. The second kappa shape index (κ2) is 11.6. The summed E-state index contributed by atoms with van der Waals surface area (Å²) in [5, 5.41) is 36.0. The first-order valence-electron chi connectivity index (χ1n) is 11.9. The number of carbonyl (C=O) groups is 1. The maximum absolute atomic E-state index is 15.5. The number of amides is 1. The predicted octanol–water partition coefficient (Wildman–Crippen LogP) is 4.42. The first-order valence-corrected chi connectivity index (χ1v) is 13.0. The summed E-state index contributed by atoms with van der Waals surface area (Å²) in [6.45, 7) is 5.84. The van der Waals surface area contributed by atoms with Crippen LogP contribution < -0.4 is 10.6 Å². The Bertz CT molecular complexity index is 1140. The van der Waals surface area contributed by atoms with Crippen molar-refractivity contribution in [3.8, 4) is 6.07 Å². The lowest BCUT2D eigenvalue weighted by Crippen LogP contribution is -2.46. The number of aliphatic hydroxyl groups excluding tert-OH is 2. The maximum atomic E-state index is 15.5. The van der Waals surface area contributed by atoms with Crippen LogP contribution in [-0.2, 0) is 10.2 Å². The number of nitrogens with one attached hydrogen (secondary N) is 2. The van der Waals surface area contributed by atoms with E-state index in [9.17, 15) is 15.2 Å². The number of nitrogens with zero attached hydrogens (tertiary/aromatic N) is 1. The second-order valence-electron chi connectivity index (χ2n) is 10.5. The van der Waals surface area contributed by atoms with Crippen molar-refractivity contribution in [3.05, 3.63) is 68.9 Å². The van der Waals surface area contributed by atoms with Crippen LogP contribution in [0.2, 0.25) is 5.02 Å². The topological polar surface area (TPSA) is 105 Å². The zero-order chi connectivity index (χ0) is 26.7. The van der Waals surface area contributed by atoms with Gasteiger partial charge in [-0.25, -0.2) is 4.39 Å². The van der Waals surface area contributed by atoms with E-state index in [1.54, 1.807) is 12.1 Å². The molecule has 194 valence electrons. The predicted molar refractivity (Wildman–Crippen MR) is 141 cm³/mol. The summed E-state index contributed by atoms with van der Waals surface area (Å²) in [6.07, 6.45) is -0.269. The van der Waals surface area contributed by atoms with Crippen LogP contribution in [0.15, 0.2) is 46.9 Å². The Hall–Kier alpha value is -2.02. The smallest absolute Gasteiger partial charge is 0.237 e. The minimum Gasteiger partial charge on any atom is -0.394 e. The van der Waals surface area contributed by atoms with Gasteiger partial charge >= 0.3 is 0 Å². The van der Waals surface area contributed by atoms with Gasteiger partial charge in [0.25, 0.3) is 0 Å². The molecule has 1 amide bonds. The van der Waals surface area contributed by atoms with Gasteiger partial charge in [0.15, 0.2) is 0 Å². The van der Waals surface area contributed by atoms with E-state index in [0.29, 0.717) is 12.0 Å². The van der Waals surface area contributed by atoms with Crippen LogP contribution in [0.4, 0.5) is 4.39 Å². The molecule has 9 heteroatoms. The van der Waals surface area contributed by atoms with Gasteiger partial charge in [-0.3, -0.25) is 4.79 Å². The molecule has 6 nitrogen and oxygen atoms in total. The summed E-state index contributed by atoms with van der Waals surface area (Å²) >= 11 is 9.54. The lowest BCUT2D eigenvalue weighted by Gasteiger charge is -2.37. The van der Waals surface area contributed by atoms with Crippen molar-refractivity contribution in [2.75, 3.05) is 13.2 Å². The quantitative estimate of drug-likeness (QED) is 0.370. The highest BCUT2D eigenvalue weighted by atomic mass is 79.9. The zero-order valence-corrected chi connectivity index (χ0v) is 22.9. The molecule has 36 heavy (non-hydrogen) atoms. The monoisotopic (exact) mass is 579 g/mol. The van der Waals surface area contributed by atoms with E-state index in [0.717, 1.165) is 4.47 Å². The molecule has 0 radical (unpaired) electrons. The Kier molecular flexibility index (Phi) is 9.18. The molecule has 3 rings (SSSR count). The average Bonchev–Trinajstić information content (AvgIpc) is 3.12. The molecule has 2 aromatic rings. The fourth-order valence-corrected chi connectivity index (χ4v) is 5.67. The zero-order valence-electron chi connectivity index (χ0n) is 20.6. The molecular weight excluding hydrogens is 549 g/mol. The van der Waals surface area contributed by atoms with Gasteiger partial charge in [-0.15, -0.1) is 0 Å². The summed E-state index contributed by atoms with van der Waals surface area (Å²) in [5.74, 6) is -1.70. The van der Waals surface area contributed by atoms with Crippen LogP contribution in [0.1, 0.15) is 50.7 Å². The summed E-state index contributed by atoms with van der Waals surface area (Å²) in [5.41, 5.74) is -0.761. The third kappa shape index (κ3) is 6.09. The van der Waals surface area contributed by atoms with E-state index in [1.165, 1.54) is 6.07 Å². The summed E-state index contributed by atoms with van der Waals surface area (Å²) < 4.78 is 16.3. The fraction of sp³-hybridized carbons (Fsp3) is 0.481. The number of aliphatic hydroxyl groups is 2. The van der Waals surface area contributed by atoms with Crippen molar-refractivity contribution in [2.45, 2.75) is 63.1 Å². The molecule has 0 aliphatic carbocycles. The van der Waals surface area contributed by atoms with Crippen LogP contribution in [0.5, 0.6) is 0 Å². The fourth-order valence-electron chi connectivity index (χ4n) is 5.09. The van der Waals surface area contributed by atoms with Crippen molar-refractivity contribution in [1.29, 1.82) is 5.26 Å². The van der Waals surface area contributed by atoms with Gasteiger partial charge in [0.2, 0.25) is 5.91 Å². The number of hydrogen-bond donors (Lipinski definition) is 4. The Balaban J connectivity index is 2.19. The number of carbonyl (C=O) groups excluding carboxylic acids is 1. The number of nitriles is 1. The van der Waals surface area contributed by atoms with Gasteiger partial charge in [-0.2, -0.15) is 5.26 Å². The lowest BCUT2D eigenvalue weighted by atomic mass is 9.62. The average molecular weight is 581 g/mol. The molecule has 1 saturated heterocycles. The summed E-state index contributed by atoms with van der Waals surface area (Å²) in [7, 11) is 0. The molecule has 0 bridgehead atoms. The SMILES string of the molecule is CC(C)(C)CC1NC(C(=O)NCC[C@H](O)CO)C(c2cccc(Br)c2)C1(C#N)c1ccc(Cl)cc1F. The van der Waals surface area contributed by atoms with Crippen molar-refractivity contribution in [3.63, 3.8) is 0 Å². The minimum absolute atomic E-state index is 0.142. The van der Waals surface area contributed by atoms with E-state index in [-0.39, 0.29) is 34.9 Å². The molecule has 2 aromatic carbocycles.